The van der Waals surface area contributed by atoms with Crippen molar-refractivity contribution in [2.24, 2.45) is 0 Å². The molecule has 1 atom stereocenters. The lowest BCUT2D eigenvalue weighted by atomic mass is 10.1. The first-order chi connectivity index (χ1) is 9.29. The molecule has 0 saturated heterocycles. The van der Waals surface area contributed by atoms with Crippen LogP contribution in [0.15, 0.2) is 54.6 Å². The minimum absolute atomic E-state index is 0.275. The normalized spacial score (nSPS) is 12.1. The minimum Gasteiger partial charge on any atom is -0.491 e. The van der Waals surface area contributed by atoms with E-state index in [1.165, 1.54) is 5.56 Å². The average molecular weight is 277 g/mol. The van der Waals surface area contributed by atoms with Crippen LogP contribution in [0.3, 0.4) is 0 Å². The fourth-order valence-corrected chi connectivity index (χ4v) is 2.03. The van der Waals surface area contributed by atoms with Gasteiger partial charge in [-0.15, -0.1) is 11.6 Å². The monoisotopic (exact) mass is 276 g/mol. The Hall–Kier alpha value is -1.51. The Morgan fingerprint density at radius 1 is 0.947 bits per heavy atom. The number of rotatable bonds is 6. The maximum absolute atomic E-state index is 9.53. The lowest BCUT2D eigenvalue weighted by molar-refractivity contribution is 0.105. The van der Waals surface area contributed by atoms with Crippen LogP contribution in [-0.2, 0) is 0 Å². The SMILES string of the molecule is O[C@@H](CCCl)COc1ccc(-c2ccccc2)cc1. The van der Waals surface area contributed by atoms with E-state index in [0.29, 0.717) is 12.3 Å². The fraction of sp³-hybridized carbons (Fsp3) is 0.250. The third-order valence-corrected chi connectivity index (χ3v) is 3.06. The molecule has 2 nitrogen and oxygen atoms in total. The van der Waals surface area contributed by atoms with E-state index in [1.54, 1.807) is 0 Å². The van der Waals surface area contributed by atoms with Gasteiger partial charge in [0.15, 0.2) is 0 Å². The Labute approximate surface area is 118 Å². The highest BCUT2D eigenvalue weighted by Gasteiger charge is 2.04. The van der Waals surface area contributed by atoms with Gasteiger partial charge in [-0.1, -0.05) is 42.5 Å². The summed E-state index contributed by atoms with van der Waals surface area (Å²) in [4.78, 5) is 0. The molecule has 0 aliphatic rings. The van der Waals surface area contributed by atoms with Crippen LogP contribution in [0.4, 0.5) is 0 Å². The predicted octanol–water partition coefficient (Wildman–Crippen LogP) is 3.72. The quantitative estimate of drug-likeness (QED) is 0.815. The maximum Gasteiger partial charge on any atom is 0.119 e. The van der Waals surface area contributed by atoms with Crippen molar-refractivity contribution in [1.29, 1.82) is 0 Å². The molecule has 0 radical (unpaired) electrons. The topological polar surface area (TPSA) is 29.5 Å². The Kier molecular flexibility index (Phi) is 5.25. The number of hydrogen-bond donors (Lipinski definition) is 1. The third kappa shape index (κ3) is 4.27. The largest absolute Gasteiger partial charge is 0.491 e. The number of hydrogen-bond acceptors (Lipinski definition) is 2. The van der Waals surface area contributed by atoms with Gasteiger partial charge >= 0.3 is 0 Å². The molecule has 0 spiro atoms. The second kappa shape index (κ2) is 7.17. The van der Waals surface area contributed by atoms with Crippen molar-refractivity contribution < 1.29 is 9.84 Å². The molecule has 3 heteroatoms. The van der Waals surface area contributed by atoms with Crippen molar-refractivity contribution in [3.05, 3.63) is 54.6 Å². The van der Waals surface area contributed by atoms with E-state index in [1.807, 2.05) is 42.5 Å². The molecule has 0 fully saturated rings. The fourth-order valence-electron chi connectivity index (χ4n) is 1.78. The van der Waals surface area contributed by atoms with Gasteiger partial charge in [-0.3, -0.25) is 0 Å². The molecular weight excluding hydrogens is 260 g/mol. The molecule has 0 heterocycles. The van der Waals surface area contributed by atoms with E-state index in [9.17, 15) is 5.11 Å². The zero-order chi connectivity index (χ0) is 13.5. The Bertz CT molecular complexity index is 482. The molecular formula is C16H17ClO2. The molecule has 2 aromatic carbocycles. The van der Waals surface area contributed by atoms with E-state index >= 15 is 0 Å². The Morgan fingerprint density at radius 3 is 2.21 bits per heavy atom. The van der Waals surface area contributed by atoms with Crippen LogP contribution in [0.25, 0.3) is 11.1 Å². The van der Waals surface area contributed by atoms with Gasteiger partial charge in [-0.25, -0.2) is 0 Å². The molecule has 0 bridgehead atoms. The van der Waals surface area contributed by atoms with E-state index in [0.717, 1.165) is 11.3 Å². The van der Waals surface area contributed by atoms with E-state index in [-0.39, 0.29) is 6.61 Å². The molecule has 0 saturated carbocycles. The van der Waals surface area contributed by atoms with Crippen LogP contribution >= 0.6 is 11.6 Å². The summed E-state index contributed by atoms with van der Waals surface area (Å²) in [5, 5.41) is 9.53. The first-order valence-corrected chi connectivity index (χ1v) is 6.85. The second-order valence-corrected chi connectivity index (χ2v) is 4.71. The highest BCUT2D eigenvalue weighted by molar-refractivity contribution is 6.17. The first kappa shape index (κ1) is 13.9. The van der Waals surface area contributed by atoms with Crippen LogP contribution in [0.1, 0.15) is 6.42 Å². The third-order valence-electron chi connectivity index (χ3n) is 2.85. The van der Waals surface area contributed by atoms with Crippen LogP contribution in [0, 0.1) is 0 Å². The summed E-state index contributed by atoms with van der Waals surface area (Å²) in [5.41, 5.74) is 2.32. The number of halogens is 1. The van der Waals surface area contributed by atoms with Crippen LogP contribution in [0.5, 0.6) is 5.75 Å². The summed E-state index contributed by atoms with van der Waals surface area (Å²) in [6, 6.07) is 18.0. The van der Waals surface area contributed by atoms with Crippen molar-refractivity contribution in [1.82, 2.24) is 0 Å². The number of ether oxygens (including phenoxy) is 1. The van der Waals surface area contributed by atoms with Gasteiger partial charge in [-0.2, -0.15) is 0 Å². The highest BCUT2D eigenvalue weighted by Crippen LogP contribution is 2.22. The minimum atomic E-state index is -0.508. The average Bonchev–Trinajstić information content (AvgIpc) is 2.47. The van der Waals surface area contributed by atoms with Crippen LogP contribution < -0.4 is 4.74 Å². The smallest absolute Gasteiger partial charge is 0.119 e. The van der Waals surface area contributed by atoms with Gasteiger partial charge in [0.25, 0.3) is 0 Å². The highest BCUT2D eigenvalue weighted by atomic mass is 35.5. The van der Waals surface area contributed by atoms with Crippen molar-refractivity contribution in [3.63, 3.8) is 0 Å². The molecule has 0 aromatic heterocycles. The van der Waals surface area contributed by atoms with E-state index in [2.05, 4.69) is 12.1 Å². The summed E-state index contributed by atoms with van der Waals surface area (Å²) in [6.45, 7) is 0.275. The number of alkyl halides is 1. The van der Waals surface area contributed by atoms with Gasteiger partial charge in [-0.05, 0) is 29.7 Å². The van der Waals surface area contributed by atoms with Crippen LogP contribution in [0.2, 0.25) is 0 Å². The summed E-state index contributed by atoms with van der Waals surface area (Å²) in [7, 11) is 0. The molecule has 100 valence electrons. The molecule has 1 N–H and O–H groups in total. The van der Waals surface area contributed by atoms with E-state index in [4.69, 9.17) is 16.3 Å². The van der Waals surface area contributed by atoms with Crippen LogP contribution in [-0.4, -0.2) is 23.7 Å². The van der Waals surface area contributed by atoms with Crippen molar-refractivity contribution in [3.8, 4) is 16.9 Å². The summed E-state index contributed by atoms with van der Waals surface area (Å²) in [6.07, 6.45) is 0.0372. The van der Waals surface area contributed by atoms with Crippen molar-refractivity contribution >= 4 is 11.6 Å². The lowest BCUT2D eigenvalue weighted by Crippen LogP contribution is -2.17. The van der Waals surface area contributed by atoms with Gasteiger partial charge in [0.1, 0.15) is 12.4 Å². The van der Waals surface area contributed by atoms with Gasteiger partial charge < -0.3 is 9.84 Å². The summed E-state index contributed by atoms with van der Waals surface area (Å²) >= 11 is 5.55. The molecule has 0 aliphatic carbocycles. The number of aliphatic hydroxyl groups excluding tert-OH is 1. The first-order valence-electron chi connectivity index (χ1n) is 6.32. The van der Waals surface area contributed by atoms with Gasteiger partial charge in [0.2, 0.25) is 0 Å². The zero-order valence-corrected chi connectivity index (χ0v) is 11.4. The second-order valence-electron chi connectivity index (χ2n) is 4.33. The van der Waals surface area contributed by atoms with E-state index < -0.39 is 6.10 Å². The van der Waals surface area contributed by atoms with Gasteiger partial charge in [0, 0.05) is 5.88 Å². The van der Waals surface area contributed by atoms with Crippen molar-refractivity contribution in [2.75, 3.05) is 12.5 Å². The molecule has 2 rings (SSSR count). The summed E-state index contributed by atoms with van der Waals surface area (Å²) < 4.78 is 5.50. The molecule has 19 heavy (non-hydrogen) atoms. The Morgan fingerprint density at radius 2 is 1.58 bits per heavy atom. The standard InChI is InChI=1S/C16H17ClO2/c17-11-10-15(18)12-19-16-8-6-14(7-9-16)13-4-2-1-3-5-13/h1-9,15,18H,10-12H2/t15-/m0/s1. The lowest BCUT2D eigenvalue weighted by Gasteiger charge is -2.11. The molecule has 0 unspecified atom stereocenters. The molecule has 0 aliphatic heterocycles. The number of benzene rings is 2. The number of aliphatic hydroxyl groups is 1. The summed E-state index contributed by atoms with van der Waals surface area (Å²) in [5.74, 6) is 1.20. The molecule has 0 amide bonds. The zero-order valence-electron chi connectivity index (χ0n) is 10.6. The maximum atomic E-state index is 9.53. The van der Waals surface area contributed by atoms with Crippen molar-refractivity contribution in [2.45, 2.75) is 12.5 Å². The Balaban J connectivity index is 1.95. The van der Waals surface area contributed by atoms with Gasteiger partial charge in [0.05, 0.1) is 6.10 Å². The molecule has 2 aromatic rings. The predicted molar refractivity (Wildman–Crippen MR) is 78.7 cm³/mol.